The van der Waals surface area contributed by atoms with Gasteiger partial charge in [-0.1, -0.05) is 0 Å². The first-order valence-corrected chi connectivity index (χ1v) is 10.0. The molecule has 1 unspecified atom stereocenters. The molecule has 1 aromatic rings. The van der Waals surface area contributed by atoms with E-state index in [0.29, 0.717) is 49.3 Å². The molecule has 2 aliphatic heterocycles. The van der Waals surface area contributed by atoms with Gasteiger partial charge >= 0.3 is 5.97 Å². The highest BCUT2D eigenvalue weighted by molar-refractivity contribution is 7.99. The van der Waals surface area contributed by atoms with E-state index < -0.39 is 0 Å². The Bertz CT molecular complexity index is 654. The number of nitrogens with zero attached hydrogens (tertiary/aromatic N) is 1. The third kappa shape index (κ3) is 4.82. The summed E-state index contributed by atoms with van der Waals surface area (Å²) >= 11 is 1.70. The summed E-state index contributed by atoms with van der Waals surface area (Å²) in [6.07, 6.45) is 0.832. The van der Waals surface area contributed by atoms with Crippen molar-refractivity contribution in [1.29, 1.82) is 0 Å². The number of hydrogen-bond acceptors (Lipinski definition) is 7. The monoisotopic (exact) mass is 380 g/mol. The molecule has 0 spiro atoms. The van der Waals surface area contributed by atoms with Crippen molar-refractivity contribution in [3.05, 3.63) is 18.2 Å². The molecule has 26 heavy (non-hydrogen) atoms. The van der Waals surface area contributed by atoms with Gasteiger partial charge in [-0.05, 0) is 19.1 Å². The zero-order valence-corrected chi connectivity index (χ0v) is 15.7. The van der Waals surface area contributed by atoms with Crippen molar-refractivity contribution >= 4 is 29.3 Å². The molecule has 0 radical (unpaired) electrons. The molecule has 1 fully saturated rings. The fourth-order valence-electron chi connectivity index (χ4n) is 2.91. The SMILES string of the molecule is CCOC(=O)C1CSCCN1CC(=O)Nc1ccc2c(c1)OCCCO2. The maximum Gasteiger partial charge on any atom is 0.324 e. The van der Waals surface area contributed by atoms with E-state index in [2.05, 4.69) is 5.32 Å². The number of nitrogens with one attached hydrogen (secondary N) is 1. The minimum absolute atomic E-state index is 0.151. The Morgan fingerprint density at radius 2 is 2.12 bits per heavy atom. The molecule has 7 nitrogen and oxygen atoms in total. The molecular formula is C18H24N2O5S. The predicted octanol–water partition coefficient (Wildman–Crippen LogP) is 1.77. The van der Waals surface area contributed by atoms with Gasteiger partial charge in [0.2, 0.25) is 5.91 Å². The van der Waals surface area contributed by atoms with Gasteiger partial charge in [-0.15, -0.1) is 0 Å². The number of thioether (sulfide) groups is 1. The summed E-state index contributed by atoms with van der Waals surface area (Å²) in [4.78, 5) is 26.4. The van der Waals surface area contributed by atoms with Crippen molar-refractivity contribution in [2.75, 3.05) is 49.7 Å². The van der Waals surface area contributed by atoms with Crippen LogP contribution in [0.15, 0.2) is 18.2 Å². The van der Waals surface area contributed by atoms with E-state index in [4.69, 9.17) is 14.2 Å². The summed E-state index contributed by atoms with van der Waals surface area (Å²) in [5.74, 6) is 2.45. The van der Waals surface area contributed by atoms with Gasteiger partial charge < -0.3 is 19.5 Å². The maximum atomic E-state index is 12.5. The predicted molar refractivity (Wildman–Crippen MR) is 100.0 cm³/mol. The first-order chi connectivity index (χ1) is 12.7. The van der Waals surface area contributed by atoms with Crippen LogP contribution in [0.25, 0.3) is 0 Å². The average Bonchev–Trinajstić information content (AvgIpc) is 2.87. The Labute approximate surface area is 157 Å². The molecule has 1 N–H and O–H groups in total. The lowest BCUT2D eigenvalue weighted by atomic mass is 10.2. The first kappa shape index (κ1) is 18.8. The smallest absolute Gasteiger partial charge is 0.324 e. The third-order valence-electron chi connectivity index (χ3n) is 4.18. The van der Waals surface area contributed by atoms with Gasteiger partial charge in [-0.3, -0.25) is 14.5 Å². The second-order valence-electron chi connectivity index (χ2n) is 6.07. The normalized spacial score (nSPS) is 20.1. The van der Waals surface area contributed by atoms with Crippen LogP contribution in [0.2, 0.25) is 0 Å². The average molecular weight is 380 g/mol. The fourth-order valence-corrected chi connectivity index (χ4v) is 4.01. The van der Waals surface area contributed by atoms with Crippen molar-refractivity contribution < 1.29 is 23.8 Å². The summed E-state index contributed by atoms with van der Waals surface area (Å²) in [6.45, 7) is 4.19. The van der Waals surface area contributed by atoms with Crippen LogP contribution < -0.4 is 14.8 Å². The van der Waals surface area contributed by atoms with Crippen LogP contribution in [0.1, 0.15) is 13.3 Å². The van der Waals surface area contributed by atoms with Gasteiger partial charge in [0.1, 0.15) is 6.04 Å². The summed E-state index contributed by atoms with van der Waals surface area (Å²) in [7, 11) is 0. The van der Waals surface area contributed by atoms with E-state index in [9.17, 15) is 9.59 Å². The molecule has 0 aliphatic carbocycles. The van der Waals surface area contributed by atoms with E-state index in [1.54, 1.807) is 36.9 Å². The largest absolute Gasteiger partial charge is 0.490 e. The van der Waals surface area contributed by atoms with E-state index in [-0.39, 0.29) is 24.5 Å². The molecule has 8 heteroatoms. The number of carbonyl (C=O) groups is 2. The number of hydrogen-bond donors (Lipinski definition) is 1. The van der Waals surface area contributed by atoms with E-state index in [0.717, 1.165) is 12.2 Å². The second-order valence-corrected chi connectivity index (χ2v) is 7.22. The van der Waals surface area contributed by atoms with Gasteiger partial charge in [0, 0.05) is 36.2 Å². The summed E-state index contributed by atoms with van der Waals surface area (Å²) in [6, 6.07) is 4.99. The van der Waals surface area contributed by atoms with E-state index >= 15 is 0 Å². The molecule has 1 atom stereocenters. The van der Waals surface area contributed by atoms with Crippen molar-refractivity contribution in [3.63, 3.8) is 0 Å². The lowest BCUT2D eigenvalue weighted by Gasteiger charge is -2.32. The quantitative estimate of drug-likeness (QED) is 0.780. The molecule has 1 aromatic carbocycles. The van der Waals surface area contributed by atoms with Crippen LogP contribution in [-0.2, 0) is 14.3 Å². The molecule has 3 rings (SSSR count). The highest BCUT2D eigenvalue weighted by Gasteiger charge is 2.31. The van der Waals surface area contributed by atoms with Crippen molar-refractivity contribution in [2.45, 2.75) is 19.4 Å². The molecule has 0 saturated carbocycles. The molecule has 1 amide bonds. The van der Waals surface area contributed by atoms with Crippen LogP contribution in [0.3, 0.4) is 0 Å². The van der Waals surface area contributed by atoms with E-state index in [1.807, 2.05) is 4.90 Å². The van der Waals surface area contributed by atoms with Crippen LogP contribution in [0.5, 0.6) is 11.5 Å². The lowest BCUT2D eigenvalue weighted by Crippen LogP contribution is -2.50. The Morgan fingerprint density at radius 3 is 2.92 bits per heavy atom. The second kappa shape index (κ2) is 9.14. The number of fused-ring (bicyclic) bond motifs is 1. The summed E-state index contributed by atoms with van der Waals surface area (Å²) in [5, 5.41) is 2.88. The minimum Gasteiger partial charge on any atom is -0.490 e. The highest BCUT2D eigenvalue weighted by Crippen LogP contribution is 2.32. The number of amides is 1. The van der Waals surface area contributed by atoms with Crippen molar-refractivity contribution in [3.8, 4) is 11.5 Å². The van der Waals surface area contributed by atoms with Crippen molar-refractivity contribution in [1.82, 2.24) is 4.90 Å². The van der Waals surface area contributed by atoms with Gasteiger partial charge in [-0.25, -0.2) is 0 Å². The van der Waals surface area contributed by atoms with Crippen LogP contribution in [0, 0.1) is 0 Å². The van der Waals surface area contributed by atoms with Crippen molar-refractivity contribution in [2.24, 2.45) is 0 Å². The zero-order chi connectivity index (χ0) is 18.4. The number of rotatable bonds is 5. The maximum absolute atomic E-state index is 12.5. The first-order valence-electron chi connectivity index (χ1n) is 8.85. The van der Waals surface area contributed by atoms with Crippen LogP contribution in [0.4, 0.5) is 5.69 Å². The Morgan fingerprint density at radius 1 is 1.31 bits per heavy atom. The molecule has 0 bridgehead atoms. The number of esters is 1. The molecule has 2 heterocycles. The Kier molecular flexibility index (Phi) is 6.62. The molecule has 1 saturated heterocycles. The lowest BCUT2D eigenvalue weighted by molar-refractivity contribution is -0.148. The third-order valence-corrected chi connectivity index (χ3v) is 5.20. The number of anilines is 1. The van der Waals surface area contributed by atoms with E-state index in [1.165, 1.54) is 0 Å². The van der Waals surface area contributed by atoms with Gasteiger partial charge in [0.05, 0.1) is 26.4 Å². The standard InChI is InChI=1S/C18H24N2O5S/c1-2-23-18(22)14-12-26-9-6-20(14)11-17(21)19-13-4-5-15-16(10-13)25-8-3-7-24-15/h4-5,10,14H,2-3,6-9,11-12H2,1H3,(H,19,21). The Hall–Kier alpha value is -1.93. The minimum atomic E-state index is -0.372. The zero-order valence-electron chi connectivity index (χ0n) is 14.9. The topological polar surface area (TPSA) is 77.1 Å². The highest BCUT2D eigenvalue weighted by atomic mass is 32.2. The van der Waals surface area contributed by atoms with Crippen LogP contribution >= 0.6 is 11.8 Å². The molecule has 0 aromatic heterocycles. The summed E-state index contributed by atoms with van der Waals surface area (Å²) < 4.78 is 16.4. The van der Waals surface area contributed by atoms with Crippen LogP contribution in [-0.4, -0.2) is 67.2 Å². The number of carbonyl (C=O) groups excluding carboxylic acids is 2. The fraction of sp³-hybridized carbons (Fsp3) is 0.556. The number of benzene rings is 1. The molecule has 2 aliphatic rings. The van der Waals surface area contributed by atoms with Gasteiger partial charge in [0.15, 0.2) is 11.5 Å². The Balaban J connectivity index is 1.60. The molecular weight excluding hydrogens is 356 g/mol. The summed E-state index contributed by atoms with van der Waals surface area (Å²) in [5.41, 5.74) is 0.651. The van der Waals surface area contributed by atoms with Gasteiger partial charge in [-0.2, -0.15) is 11.8 Å². The number of ether oxygens (including phenoxy) is 3. The molecule has 142 valence electrons. The van der Waals surface area contributed by atoms with Gasteiger partial charge in [0.25, 0.3) is 0 Å².